The molecule has 1 aromatic heterocycles. The smallest absolute Gasteiger partial charge is 0.435 e. The summed E-state index contributed by atoms with van der Waals surface area (Å²) in [5, 5.41) is 6.50. The highest BCUT2D eigenvalue weighted by Crippen LogP contribution is 2.39. The quantitative estimate of drug-likeness (QED) is 0.735. The van der Waals surface area contributed by atoms with E-state index in [0.29, 0.717) is 24.3 Å². The minimum Gasteiger partial charge on any atom is -0.493 e. The fourth-order valence-electron chi connectivity index (χ4n) is 3.73. The monoisotopic (exact) mass is 427 g/mol. The van der Waals surface area contributed by atoms with Gasteiger partial charge in [-0.05, 0) is 37.8 Å². The number of carbonyl (C=O) groups excluding carboxylic acids is 1. The number of rotatable bonds is 7. The van der Waals surface area contributed by atoms with E-state index in [2.05, 4.69) is 10.4 Å². The zero-order valence-electron chi connectivity index (χ0n) is 17.1. The van der Waals surface area contributed by atoms with Crippen LogP contribution in [0.3, 0.4) is 0 Å². The van der Waals surface area contributed by atoms with E-state index in [-0.39, 0.29) is 35.7 Å². The summed E-state index contributed by atoms with van der Waals surface area (Å²) in [6.07, 6.45) is -2.01. The van der Waals surface area contributed by atoms with Crippen molar-refractivity contribution in [3.63, 3.8) is 0 Å². The Morgan fingerprint density at radius 3 is 2.43 bits per heavy atom. The SMILES string of the molecule is COc1ccc(C(=O)NCCn2nc(C(F)(F)F)c3c2CCCC3)c(OC)c1OC. The molecule has 1 N–H and O–H groups in total. The van der Waals surface area contributed by atoms with Crippen LogP contribution >= 0.6 is 0 Å². The van der Waals surface area contributed by atoms with Gasteiger partial charge in [-0.25, -0.2) is 0 Å². The van der Waals surface area contributed by atoms with Gasteiger partial charge in [-0.2, -0.15) is 18.3 Å². The van der Waals surface area contributed by atoms with Gasteiger partial charge in [-0.3, -0.25) is 9.48 Å². The molecule has 7 nitrogen and oxygen atoms in total. The number of nitrogens with one attached hydrogen (secondary N) is 1. The Labute approximate surface area is 172 Å². The van der Waals surface area contributed by atoms with Crippen LogP contribution in [0.15, 0.2) is 12.1 Å². The molecule has 0 bridgehead atoms. The predicted molar refractivity (Wildman–Crippen MR) is 102 cm³/mol. The number of fused-ring (bicyclic) bond motifs is 1. The number of aromatic nitrogens is 2. The van der Waals surface area contributed by atoms with E-state index in [1.165, 1.54) is 32.1 Å². The van der Waals surface area contributed by atoms with Gasteiger partial charge in [-0.1, -0.05) is 0 Å². The maximum Gasteiger partial charge on any atom is 0.435 e. The van der Waals surface area contributed by atoms with Crippen LogP contribution in [0.5, 0.6) is 17.2 Å². The zero-order valence-corrected chi connectivity index (χ0v) is 17.1. The van der Waals surface area contributed by atoms with Gasteiger partial charge in [0.15, 0.2) is 17.2 Å². The molecular formula is C20H24F3N3O4. The molecule has 1 heterocycles. The zero-order chi connectivity index (χ0) is 21.9. The van der Waals surface area contributed by atoms with Crippen molar-refractivity contribution in [1.82, 2.24) is 15.1 Å². The fourth-order valence-corrected chi connectivity index (χ4v) is 3.73. The summed E-state index contributed by atoms with van der Waals surface area (Å²) < 4.78 is 57.0. The Morgan fingerprint density at radius 2 is 1.80 bits per heavy atom. The van der Waals surface area contributed by atoms with Crippen LogP contribution in [0.25, 0.3) is 0 Å². The molecule has 1 aliphatic rings. The van der Waals surface area contributed by atoms with Crippen LogP contribution in [-0.4, -0.2) is 43.6 Å². The van der Waals surface area contributed by atoms with Crippen LogP contribution in [0, 0.1) is 0 Å². The molecule has 0 spiro atoms. The highest BCUT2D eigenvalue weighted by Gasteiger charge is 2.39. The number of methoxy groups -OCH3 is 3. The average molecular weight is 427 g/mol. The van der Waals surface area contributed by atoms with Crippen molar-refractivity contribution in [2.24, 2.45) is 0 Å². The van der Waals surface area contributed by atoms with E-state index in [1.54, 1.807) is 6.07 Å². The molecule has 0 fully saturated rings. The highest BCUT2D eigenvalue weighted by atomic mass is 19.4. The maximum absolute atomic E-state index is 13.3. The Bertz CT molecular complexity index is 925. The van der Waals surface area contributed by atoms with Crippen molar-refractivity contribution in [2.75, 3.05) is 27.9 Å². The van der Waals surface area contributed by atoms with Gasteiger partial charge in [0, 0.05) is 17.8 Å². The number of amides is 1. The summed E-state index contributed by atoms with van der Waals surface area (Å²) in [6.45, 7) is 0.251. The van der Waals surface area contributed by atoms with Crippen LogP contribution < -0.4 is 19.5 Å². The number of hydrogen-bond donors (Lipinski definition) is 1. The van der Waals surface area contributed by atoms with Gasteiger partial charge in [0.05, 0.1) is 33.4 Å². The van der Waals surface area contributed by atoms with Crippen molar-refractivity contribution in [3.8, 4) is 17.2 Å². The number of carbonyl (C=O) groups is 1. The first-order chi connectivity index (χ1) is 14.3. The van der Waals surface area contributed by atoms with E-state index >= 15 is 0 Å². The lowest BCUT2D eigenvalue weighted by atomic mass is 9.95. The van der Waals surface area contributed by atoms with Gasteiger partial charge in [0.1, 0.15) is 0 Å². The van der Waals surface area contributed by atoms with E-state index in [1.807, 2.05) is 0 Å². The summed E-state index contributed by atoms with van der Waals surface area (Å²) >= 11 is 0. The topological polar surface area (TPSA) is 74.6 Å². The summed E-state index contributed by atoms with van der Waals surface area (Å²) in [7, 11) is 4.31. The van der Waals surface area contributed by atoms with Crippen molar-refractivity contribution < 1.29 is 32.2 Å². The lowest BCUT2D eigenvalue weighted by Crippen LogP contribution is -2.28. The largest absolute Gasteiger partial charge is 0.493 e. The molecule has 30 heavy (non-hydrogen) atoms. The molecule has 164 valence electrons. The molecule has 1 aliphatic carbocycles. The molecule has 0 atom stereocenters. The van der Waals surface area contributed by atoms with Crippen LogP contribution in [0.2, 0.25) is 0 Å². The van der Waals surface area contributed by atoms with E-state index in [9.17, 15) is 18.0 Å². The van der Waals surface area contributed by atoms with E-state index < -0.39 is 17.8 Å². The normalized spacial score (nSPS) is 13.5. The van der Waals surface area contributed by atoms with Crippen LogP contribution in [0.4, 0.5) is 13.2 Å². The summed E-state index contributed by atoms with van der Waals surface area (Å²) in [5.74, 6) is 0.465. The molecule has 0 saturated heterocycles. The van der Waals surface area contributed by atoms with Gasteiger partial charge in [0.25, 0.3) is 5.91 Å². The molecule has 0 saturated carbocycles. The third kappa shape index (κ3) is 4.17. The Kier molecular flexibility index (Phi) is 6.42. The fraction of sp³-hybridized carbons (Fsp3) is 0.500. The summed E-state index contributed by atoms with van der Waals surface area (Å²) in [5.41, 5.74) is 0.298. The molecule has 2 aromatic rings. The van der Waals surface area contributed by atoms with Gasteiger partial charge >= 0.3 is 6.18 Å². The number of ether oxygens (including phenoxy) is 3. The Hall–Kier alpha value is -2.91. The van der Waals surface area contributed by atoms with Crippen LogP contribution in [0.1, 0.15) is 40.2 Å². The predicted octanol–water partition coefficient (Wildman–Crippen LogP) is 3.24. The maximum atomic E-state index is 13.3. The van der Waals surface area contributed by atoms with Crippen molar-refractivity contribution in [3.05, 3.63) is 34.6 Å². The average Bonchev–Trinajstić information content (AvgIpc) is 3.11. The summed E-state index contributed by atoms with van der Waals surface area (Å²) in [6, 6.07) is 3.11. The first-order valence-electron chi connectivity index (χ1n) is 9.54. The van der Waals surface area contributed by atoms with E-state index in [4.69, 9.17) is 14.2 Å². The highest BCUT2D eigenvalue weighted by molar-refractivity contribution is 5.98. The first kappa shape index (κ1) is 21.8. The van der Waals surface area contributed by atoms with Crippen molar-refractivity contribution >= 4 is 5.91 Å². The van der Waals surface area contributed by atoms with Crippen LogP contribution in [-0.2, 0) is 25.6 Å². The van der Waals surface area contributed by atoms with Gasteiger partial charge in [0.2, 0.25) is 5.75 Å². The van der Waals surface area contributed by atoms with Crippen molar-refractivity contribution in [2.45, 2.75) is 38.4 Å². The third-order valence-electron chi connectivity index (χ3n) is 5.08. The standard InChI is InChI=1S/C20H24F3N3O4/c1-28-15-9-8-13(16(29-2)17(15)30-3)19(27)24-10-11-26-14-7-5-4-6-12(14)18(25-26)20(21,22)23/h8-9H,4-7,10-11H2,1-3H3,(H,24,27). The second-order valence-corrected chi connectivity index (χ2v) is 6.84. The molecule has 1 aromatic carbocycles. The number of benzene rings is 1. The summed E-state index contributed by atoms with van der Waals surface area (Å²) in [4.78, 5) is 12.6. The van der Waals surface area contributed by atoms with Crippen molar-refractivity contribution in [1.29, 1.82) is 0 Å². The molecule has 1 amide bonds. The third-order valence-corrected chi connectivity index (χ3v) is 5.08. The molecule has 10 heteroatoms. The lowest BCUT2D eigenvalue weighted by molar-refractivity contribution is -0.142. The van der Waals surface area contributed by atoms with Gasteiger partial charge in [-0.15, -0.1) is 0 Å². The minimum absolute atomic E-state index is 0.113. The second-order valence-electron chi connectivity index (χ2n) is 6.84. The molecule has 0 aliphatic heterocycles. The minimum atomic E-state index is -4.48. The lowest BCUT2D eigenvalue weighted by Gasteiger charge is -2.16. The molecule has 0 unspecified atom stereocenters. The van der Waals surface area contributed by atoms with E-state index in [0.717, 1.165) is 12.8 Å². The Morgan fingerprint density at radius 1 is 1.10 bits per heavy atom. The Balaban J connectivity index is 1.75. The number of nitrogens with zero attached hydrogens (tertiary/aromatic N) is 2. The molecule has 3 rings (SSSR count). The number of hydrogen-bond acceptors (Lipinski definition) is 5. The number of alkyl halides is 3. The first-order valence-corrected chi connectivity index (χ1v) is 9.54. The van der Waals surface area contributed by atoms with Gasteiger partial charge < -0.3 is 19.5 Å². The molecule has 0 radical (unpaired) electrons. The molecular weight excluding hydrogens is 403 g/mol. The second kappa shape index (κ2) is 8.85. The number of halogens is 3.